The summed E-state index contributed by atoms with van der Waals surface area (Å²) in [5, 5.41) is 2.42. The van der Waals surface area contributed by atoms with E-state index in [1.54, 1.807) is 4.90 Å². The van der Waals surface area contributed by atoms with E-state index in [9.17, 15) is 13.6 Å². The minimum atomic E-state index is -0.599. The minimum absolute atomic E-state index is 0.125. The van der Waals surface area contributed by atoms with Crippen LogP contribution in [0.2, 0.25) is 0 Å². The Kier molecular flexibility index (Phi) is 5.92. The first-order chi connectivity index (χ1) is 12.8. The summed E-state index contributed by atoms with van der Waals surface area (Å²) >= 11 is 2.60. The Morgan fingerprint density at radius 3 is 2.63 bits per heavy atom. The van der Waals surface area contributed by atoms with E-state index >= 15 is 0 Å². The number of anilines is 2. The van der Waals surface area contributed by atoms with Crippen LogP contribution in [0.4, 0.5) is 19.6 Å². The lowest BCUT2D eigenvalue weighted by Crippen LogP contribution is -2.23. The molecule has 0 fully saturated rings. The monoisotopic (exact) mass is 404 g/mol. The zero-order chi connectivity index (χ0) is 19.6. The number of carbonyl (C=O) groups is 1. The third kappa shape index (κ3) is 4.54. The van der Waals surface area contributed by atoms with Gasteiger partial charge in [-0.1, -0.05) is 17.7 Å². The molecule has 0 bridgehead atoms. The zero-order valence-corrected chi connectivity index (χ0v) is 16.8. The summed E-state index contributed by atoms with van der Waals surface area (Å²) in [6.45, 7) is 5.46. The maximum Gasteiger partial charge on any atom is 0.230 e. The molecule has 0 spiro atoms. The van der Waals surface area contributed by atoms with E-state index < -0.39 is 11.6 Å². The fraction of sp³-hybridized carbons (Fsp3) is 0.200. The second kappa shape index (κ2) is 8.19. The number of thioether (sulfide) groups is 1. The second-order valence-corrected chi connectivity index (χ2v) is 7.98. The van der Waals surface area contributed by atoms with Crippen LogP contribution in [-0.4, -0.2) is 10.9 Å². The number of aromatic nitrogens is 1. The lowest BCUT2D eigenvalue weighted by Gasteiger charge is -2.20. The van der Waals surface area contributed by atoms with E-state index in [4.69, 9.17) is 0 Å². The van der Waals surface area contributed by atoms with Crippen LogP contribution >= 0.6 is 23.1 Å². The van der Waals surface area contributed by atoms with E-state index in [0.29, 0.717) is 15.8 Å². The Bertz CT molecular complexity index is 988. The molecule has 1 heterocycles. The Balaban J connectivity index is 1.81. The number of rotatable bonds is 5. The smallest absolute Gasteiger partial charge is 0.230 e. The molecule has 0 aliphatic carbocycles. The van der Waals surface area contributed by atoms with Crippen molar-refractivity contribution in [2.75, 3.05) is 4.90 Å². The summed E-state index contributed by atoms with van der Waals surface area (Å²) < 4.78 is 26.8. The summed E-state index contributed by atoms with van der Waals surface area (Å²) in [5.74, 6) is -0.882. The molecule has 0 atom stereocenters. The van der Waals surface area contributed by atoms with Gasteiger partial charge in [-0.2, -0.15) is 0 Å². The van der Waals surface area contributed by atoms with Crippen LogP contribution in [0, 0.1) is 25.5 Å². The number of benzene rings is 2. The van der Waals surface area contributed by atoms with Crippen LogP contribution < -0.4 is 4.90 Å². The van der Waals surface area contributed by atoms with E-state index in [0.717, 1.165) is 28.6 Å². The standard InChI is InChI=1S/C20H18F2N2OS2/c1-12-4-6-18(13(2)8-12)24(14(3)25)20-23-16(11-27-20)10-26-19-7-5-15(21)9-17(19)22/h4-9,11H,10H2,1-3H3. The van der Waals surface area contributed by atoms with E-state index in [-0.39, 0.29) is 5.91 Å². The third-order valence-electron chi connectivity index (χ3n) is 3.91. The highest BCUT2D eigenvalue weighted by atomic mass is 32.2. The van der Waals surface area contributed by atoms with E-state index in [2.05, 4.69) is 4.98 Å². The maximum atomic E-state index is 13.8. The molecular weight excluding hydrogens is 386 g/mol. The molecule has 2 aromatic carbocycles. The summed E-state index contributed by atoms with van der Waals surface area (Å²) in [4.78, 5) is 18.7. The van der Waals surface area contributed by atoms with Crippen LogP contribution in [0.3, 0.4) is 0 Å². The molecular formula is C20H18F2N2OS2. The molecule has 0 saturated heterocycles. The van der Waals surface area contributed by atoms with Crippen molar-refractivity contribution < 1.29 is 13.6 Å². The van der Waals surface area contributed by atoms with Crippen molar-refractivity contribution in [3.8, 4) is 0 Å². The molecule has 3 aromatic rings. The first-order valence-corrected chi connectivity index (χ1v) is 10.1. The second-order valence-electron chi connectivity index (χ2n) is 6.13. The summed E-state index contributed by atoms with van der Waals surface area (Å²) in [6.07, 6.45) is 0. The van der Waals surface area contributed by atoms with Gasteiger partial charge in [0, 0.05) is 29.0 Å². The van der Waals surface area contributed by atoms with Crippen LogP contribution in [-0.2, 0) is 10.5 Å². The molecule has 3 rings (SSSR count). The number of carbonyl (C=O) groups excluding carboxylic acids is 1. The average molecular weight is 405 g/mol. The van der Waals surface area contributed by atoms with Gasteiger partial charge < -0.3 is 0 Å². The lowest BCUT2D eigenvalue weighted by atomic mass is 10.1. The van der Waals surface area contributed by atoms with Gasteiger partial charge in [-0.15, -0.1) is 23.1 Å². The van der Waals surface area contributed by atoms with Gasteiger partial charge in [0.1, 0.15) is 11.6 Å². The van der Waals surface area contributed by atoms with Crippen molar-refractivity contribution in [3.63, 3.8) is 0 Å². The number of amides is 1. The predicted octanol–water partition coefficient (Wildman–Crippen LogP) is 6.02. The van der Waals surface area contributed by atoms with Crippen molar-refractivity contribution in [3.05, 3.63) is 70.2 Å². The largest absolute Gasteiger partial charge is 0.274 e. The molecule has 0 saturated carbocycles. The highest BCUT2D eigenvalue weighted by molar-refractivity contribution is 7.98. The first kappa shape index (κ1) is 19.5. The Labute approximate surface area is 165 Å². The van der Waals surface area contributed by atoms with E-state index in [1.807, 2.05) is 37.4 Å². The van der Waals surface area contributed by atoms with Gasteiger partial charge in [-0.25, -0.2) is 13.8 Å². The van der Waals surface area contributed by atoms with Gasteiger partial charge >= 0.3 is 0 Å². The third-order valence-corrected chi connectivity index (χ3v) is 5.87. The number of hydrogen-bond acceptors (Lipinski definition) is 4. The topological polar surface area (TPSA) is 33.2 Å². The highest BCUT2D eigenvalue weighted by Gasteiger charge is 2.20. The van der Waals surface area contributed by atoms with Gasteiger partial charge in [0.15, 0.2) is 5.13 Å². The van der Waals surface area contributed by atoms with Gasteiger partial charge in [0.25, 0.3) is 0 Å². The Morgan fingerprint density at radius 2 is 1.96 bits per heavy atom. The number of nitrogens with zero attached hydrogens (tertiary/aromatic N) is 2. The predicted molar refractivity (Wildman–Crippen MR) is 107 cm³/mol. The lowest BCUT2D eigenvalue weighted by molar-refractivity contribution is -0.115. The molecule has 0 unspecified atom stereocenters. The number of thiazole rings is 1. The van der Waals surface area contributed by atoms with Crippen LogP contribution in [0.15, 0.2) is 46.7 Å². The normalized spacial score (nSPS) is 10.9. The zero-order valence-electron chi connectivity index (χ0n) is 15.1. The van der Waals surface area contributed by atoms with Gasteiger partial charge in [0.05, 0.1) is 11.4 Å². The maximum absolute atomic E-state index is 13.8. The molecule has 1 amide bonds. The van der Waals surface area contributed by atoms with Crippen molar-refractivity contribution in [1.29, 1.82) is 0 Å². The molecule has 0 aliphatic rings. The highest BCUT2D eigenvalue weighted by Crippen LogP contribution is 2.33. The summed E-state index contributed by atoms with van der Waals surface area (Å²) in [6, 6.07) is 9.41. The molecule has 0 N–H and O–H groups in total. The molecule has 140 valence electrons. The van der Waals surface area contributed by atoms with Crippen LogP contribution in [0.25, 0.3) is 0 Å². The van der Waals surface area contributed by atoms with Crippen LogP contribution in [0.5, 0.6) is 0 Å². The van der Waals surface area contributed by atoms with Crippen molar-refractivity contribution >= 4 is 39.8 Å². The molecule has 0 aliphatic heterocycles. The van der Waals surface area contributed by atoms with Gasteiger partial charge in [-0.05, 0) is 37.6 Å². The number of hydrogen-bond donors (Lipinski definition) is 0. The van der Waals surface area contributed by atoms with Crippen LogP contribution in [0.1, 0.15) is 23.7 Å². The minimum Gasteiger partial charge on any atom is -0.274 e. The summed E-state index contributed by atoms with van der Waals surface area (Å²) in [5.41, 5.74) is 3.65. The molecule has 1 aromatic heterocycles. The Morgan fingerprint density at radius 1 is 1.19 bits per heavy atom. The number of aryl methyl sites for hydroxylation is 2. The summed E-state index contributed by atoms with van der Waals surface area (Å²) in [7, 11) is 0. The van der Waals surface area contributed by atoms with Gasteiger partial charge in [0.2, 0.25) is 5.91 Å². The molecule has 0 radical (unpaired) electrons. The number of halogens is 2. The molecule has 27 heavy (non-hydrogen) atoms. The average Bonchev–Trinajstić information content (AvgIpc) is 3.04. The molecule has 7 heteroatoms. The molecule has 3 nitrogen and oxygen atoms in total. The fourth-order valence-corrected chi connectivity index (χ4v) is 4.47. The van der Waals surface area contributed by atoms with E-state index in [1.165, 1.54) is 42.2 Å². The van der Waals surface area contributed by atoms with Crippen molar-refractivity contribution in [2.24, 2.45) is 0 Å². The fourth-order valence-electron chi connectivity index (χ4n) is 2.67. The Hall–Kier alpha value is -2.25. The quantitative estimate of drug-likeness (QED) is 0.488. The van der Waals surface area contributed by atoms with Crippen molar-refractivity contribution in [1.82, 2.24) is 4.98 Å². The first-order valence-electron chi connectivity index (χ1n) is 8.25. The van der Waals surface area contributed by atoms with Crippen molar-refractivity contribution in [2.45, 2.75) is 31.4 Å². The SMILES string of the molecule is CC(=O)N(c1nc(CSc2ccc(F)cc2F)cs1)c1ccc(C)cc1C. The van der Waals surface area contributed by atoms with Gasteiger partial charge in [-0.3, -0.25) is 9.69 Å².